The predicted octanol–water partition coefficient (Wildman–Crippen LogP) is 2.28. The van der Waals surface area contributed by atoms with Crippen LogP contribution in [0.1, 0.15) is 39.4 Å². The first-order chi connectivity index (χ1) is 7.30. The summed E-state index contributed by atoms with van der Waals surface area (Å²) < 4.78 is 5.49. The summed E-state index contributed by atoms with van der Waals surface area (Å²) in [6.45, 7) is 7.07. The van der Waals surface area contributed by atoms with E-state index < -0.39 is 11.7 Å². The molecule has 0 aliphatic carbocycles. The maximum absolute atomic E-state index is 9.84. The summed E-state index contributed by atoms with van der Waals surface area (Å²) in [6, 6.07) is 7.12. The fourth-order valence-electron chi connectivity index (χ4n) is 1.41. The summed E-state index contributed by atoms with van der Waals surface area (Å²) in [5.74, 6) is 0.765. The number of ether oxygens (including phenoxy) is 1. The van der Waals surface area contributed by atoms with Crippen molar-refractivity contribution in [2.45, 2.75) is 45.5 Å². The van der Waals surface area contributed by atoms with E-state index in [2.05, 4.69) is 0 Å². The molecular weight excluding hydrogens is 204 g/mol. The number of rotatable bonds is 4. The van der Waals surface area contributed by atoms with Crippen molar-refractivity contribution in [1.82, 2.24) is 0 Å². The summed E-state index contributed by atoms with van der Waals surface area (Å²) in [5.41, 5.74) is -0.455. The molecule has 0 aliphatic heterocycles. The highest BCUT2D eigenvalue weighted by Crippen LogP contribution is 2.26. The monoisotopic (exact) mass is 224 g/mol. The second kappa shape index (κ2) is 4.85. The zero-order chi connectivity index (χ0) is 12.3. The molecule has 0 bridgehead atoms. The summed E-state index contributed by atoms with van der Waals surface area (Å²) in [6.07, 6.45) is -0.759. The van der Waals surface area contributed by atoms with E-state index in [1.165, 1.54) is 0 Å². The van der Waals surface area contributed by atoms with Crippen LogP contribution in [0.15, 0.2) is 24.3 Å². The molecular formula is C13H20O3. The first-order valence-electron chi connectivity index (χ1n) is 5.48. The SMILES string of the molecule is CC(C)Oc1ccc(C(O)C(C)(C)O)cc1. The van der Waals surface area contributed by atoms with E-state index in [9.17, 15) is 10.2 Å². The van der Waals surface area contributed by atoms with Gasteiger partial charge in [-0.15, -0.1) is 0 Å². The van der Waals surface area contributed by atoms with Gasteiger partial charge in [0, 0.05) is 0 Å². The van der Waals surface area contributed by atoms with Gasteiger partial charge >= 0.3 is 0 Å². The molecule has 16 heavy (non-hydrogen) atoms. The lowest BCUT2D eigenvalue weighted by Crippen LogP contribution is -2.28. The highest BCUT2D eigenvalue weighted by Gasteiger charge is 2.25. The van der Waals surface area contributed by atoms with Gasteiger partial charge in [0.05, 0.1) is 11.7 Å². The molecule has 0 heterocycles. The van der Waals surface area contributed by atoms with Crippen LogP contribution in [0.4, 0.5) is 0 Å². The second-order valence-corrected chi connectivity index (χ2v) is 4.79. The van der Waals surface area contributed by atoms with E-state index in [1.807, 2.05) is 13.8 Å². The Morgan fingerprint density at radius 2 is 1.62 bits per heavy atom. The average Bonchev–Trinajstić information content (AvgIpc) is 2.15. The van der Waals surface area contributed by atoms with Crippen LogP contribution in [0.3, 0.4) is 0 Å². The molecule has 3 nitrogen and oxygen atoms in total. The van der Waals surface area contributed by atoms with E-state index in [0.717, 1.165) is 5.75 Å². The molecule has 90 valence electrons. The van der Waals surface area contributed by atoms with Crippen molar-refractivity contribution >= 4 is 0 Å². The Morgan fingerprint density at radius 1 is 1.12 bits per heavy atom. The molecule has 0 aromatic heterocycles. The number of benzene rings is 1. The van der Waals surface area contributed by atoms with Crippen LogP contribution in [0.5, 0.6) is 5.75 Å². The van der Waals surface area contributed by atoms with Crippen LogP contribution in [0, 0.1) is 0 Å². The van der Waals surface area contributed by atoms with Gasteiger partial charge in [-0.3, -0.25) is 0 Å². The third kappa shape index (κ3) is 3.51. The van der Waals surface area contributed by atoms with E-state index in [4.69, 9.17) is 4.74 Å². The van der Waals surface area contributed by atoms with Gasteiger partial charge in [0.25, 0.3) is 0 Å². The lowest BCUT2D eigenvalue weighted by Gasteiger charge is -2.24. The third-order valence-corrected chi connectivity index (χ3v) is 2.24. The Kier molecular flexibility index (Phi) is 3.94. The molecule has 1 atom stereocenters. The van der Waals surface area contributed by atoms with Crippen LogP contribution in [-0.2, 0) is 0 Å². The van der Waals surface area contributed by atoms with Gasteiger partial charge in [-0.05, 0) is 45.4 Å². The van der Waals surface area contributed by atoms with Gasteiger partial charge in [-0.1, -0.05) is 12.1 Å². The minimum Gasteiger partial charge on any atom is -0.491 e. The van der Waals surface area contributed by atoms with Gasteiger partial charge < -0.3 is 14.9 Å². The van der Waals surface area contributed by atoms with E-state index in [0.29, 0.717) is 5.56 Å². The number of hydrogen-bond acceptors (Lipinski definition) is 3. The van der Waals surface area contributed by atoms with Gasteiger partial charge in [0.1, 0.15) is 11.9 Å². The molecule has 3 heteroatoms. The largest absolute Gasteiger partial charge is 0.491 e. The summed E-state index contributed by atoms with van der Waals surface area (Å²) in [7, 11) is 0. The minimum atomic E-state index is -1.14. The molecule has 0 saturated carbocycles. The summed E-state index contributed by atoms with van der Waals surface area (Å²) >= 11 is 0. The standard InChI is InChI=1S/C13H20O3/c1-9(2)16-11-7-5-10(6-8-11)12(14)13(3,4)15/h5-9,12,14-15H,1-4H3. The quantitative estimate of drug-likeness (QED) is 0.825. The zero-order valence-corrected chi connectivity index (χ0v) is 10.3. The molecule has 1 rings (SSSR count). The molecule has 1 aromatic carbocycles. The number of aliphatic hydroxyl groups is 2. The van der Waals surface area contributed by atoms with Crippen molar-refractivity contribution in [3.63, 3.8) is 0 Å². The third-order valence-electron chi connectivity index (χ3n) is 2.24. The van der Waals surface area contributed by atoms with Gasteiger partial charge in [-0.2, -0.15) is 0 Å². The summed E-state index contributed by atoms with van der Waals surface area (Å²) in [5, 5.41) is 19.5. The Labute approximate surface area is 96.7 Å². The summed E-state index contributed by atoms with van der Waals surface area (Å²) in [4.78, 5) is 0. The van der Waals surface area contributed by atoms with E-state index in [1.54, 1.807) is 38.1 Å². The van der Waals surface area contributed by atoms with Crippen LogP contribution in [0.25, 0.3) is 0 Å². The lowest BCUT2D eigenvalue weighted by atomic mass is 9.95. The van der Waals surface area contributed by atoms with Gasteiger partial charge in [-0.25, -0.2) is 0 Å². The first kappa shape index (κ1) is 13.0. The zero-order valence-electron chi connectivity index (χ0n) is 10.3. The van der Waals surface area contributed by atoms with Crippen LogP contribution >= 0.6 is 0 Å². The first-order valence-corrected chi connectivity index (χ1v) is 5.48. The molecule has 0 saturated heterocycles. The maximum atomic E-state index is 9.84. The molecule has 1 unspecified atom stereocenters. The fourth-order valence-corrected chi connectivity index (χ4v) is 1.41. The van der Waals surface area contributed by atoms with Gasteiger partial charge in [0.15, 0.2) is 0 Å². The predicted molar refractivity (Wildman–Crippen MR) is 63.5 cm³/mol. The van der Waals surface area contributed by atoms with Crippen molar-refractivity contribution in [1.29, 1.82) is 0 Å². The highest BCUT2D eigenvalue weighted by molar-refractivity contribution is 5.29. The van der Waals surface area contributed by atoms with Crippen molar-refractivity contribution in [2.24, 2.45) is 0 Å². The molecule has 0 fully saturated rings. The second-order valence-electron chi connectivity index (χ2n) is 4.79. The fraction of sp³-hybridized carbons (Fsp3) is 0.538. The maximum Gasteiger partial charge on any atom is 0.119 e. The van der Waals surface area contributed by atoms with Crippen LogP contribution in [-0.4, -0.2) is 21.9 Å². The smallest absolute Gasteiger partial charge is 0.119 e. The normalized spacial score (nSPS) is 13.9. The molecule has 2 N–H and O–H groups in total. The average molecular weight is 224 g/mol. The van der Waals surface area contributed by atoms with Crippen LogP contribution in [0.2, 0.25) is 0 Å². The van der Waals surface area contributed by atoms with Gasteiger partial charge in [0.2, 0.25) is 0 Å². The molecule has 1 aromatic rings. The van der Waals surface area contributed by atoms with Crippen molar-refractivity contribution in [3.8, 4) is 5.75 Å². The Hall–Kier alpha value is -1.06. The number of hydrogen-bond donors (Lipinski definition) is 2. The Balaban J connectivity index is 2.79. The Bertz CT molecular complexity index is 322. The van der Waals surface area contributed by atoms with E-state index >= 15 is 0 Å². The van der Waals surface area contributed by atoms with Crippen molar-refractivity contribution < 1.29 is 14.9 Å². The lowest BCUT2D eigenvalue weighted by molar-refractivity contribution is -0.0497. The topological polar surface area (TPSA) is 49.7 Å². The molecule has 0 aliphatic rings. The van der Waals surface area contributed by atoms with Crippen molar-refractivity contribution in [3.05, 3.63) is 29.8 Å². The van der Waals surface area contributed by atoms with Crippen LogP contribution < -0.4 is 4.74 Å². The number of aliphatic hydroxyl groups excluding tert-OH is 1. The molecule has 0 amide bonds. The molecule has 0 spiro atoms. The Morgan fingerprint density at radius 3 is 2.00 bits per heavy atom. The minimum absolute atomic E-state index is 0.130. The van der Waals surface area contributed by atoms with Crippen molar-refractivity contribution in [2.75, 3.05) is 0 Å². The highest BCUT2D eigenvalue weighted by atomic mass is 16.5. The van der Waals surface area contributed by atoms with E-state index in [-0.39, 0.29) is 6.10 Å². The molecule has 0 radical (unpaired) electrons.